The molecule has 2 aromatic rings. The first-order valence-corrected chi connectivity index (χ1v) is 6.17. The molecule has 0 aliphatic carbocycles. The molecule has 1 aromatic heterocycles. The number of hydrogen-bond donors (Lipinski definition) is 1. The topological polar surface area (TPSA) is 102 Å². The number of rotatable bonds is 5. The molecule has 21 heavy (non-hydrogen) atoms. The molecule has 8 nitrogen and oxygen atoms in total. The van der Waals surface area contributed by atoms with Crippen LogP contribution in [0.5, 0.6) is 0 Å². The van der Waals surface area contributed by atoms with Crippen molar-refractivity contribution in [1.29, 1.82) is 0 Å². The van der Waals surface area contributed by atoms with E-state index in [-0.39, 0.29) is 30.3 Å². The third-order valence-electron chi connectivity index (χ3n) is 2.98. The number of imidazole rings is 1. The quantitative estimate of drug-likeness (QED) is 0.649. The molecule has 8 heteroatoms. The lowest BCUT2D eigenvalue weighted by Crippen LogP contribution is -2.29. The molecule has 1 aromatic carbocycles. The van der Waals surface area contributed by atoms with Gasteiger partial charge in [0.1, 0.15) is 5.69 Å². The Hall–Kier alpha value is -2.74. The molecular weight excluding hydrogens is 276 g/mol. The second-order valence-corrected chi connectivity index (χ2v) is 4.38. The molecule has 0 atom stereocenters. The number of likely N-dealkylation sites (N-methyl/N-ethyl adjacent to an activating group) is 1. The monoisotopic (exact) mass is 290 g/mol. The molecule has 2 rings (SSSR count). The van der Waals surface area contributed by atoms with Crippen LogP contribution in [0.1, 0.15) is 10.4 Å². The van der Waals surface area contributed by atoms with Crippen molar-refractivity contribution in [3.8, 4) is 5.69 Å². The summed E-state index contributed by atoms with van der Waals surface area (Å²) in [7, 11) is 1.52. The van der Waals surface area contributed by atoms with Gasteiger partial charge in [-0.1, -0.05) is 0 Å². The van der Waals surface area contributed by atoms with Crippen LogP contribution in [-0.4, -0.2) is 50.6 Å². The first-order chi connectivity index (χ1) is 10.0. The van der Waals surface area contributed by atoms with Crippen LogP contribution >= 0.6 is 0 Å². The van der Waals surface area contributed by atoms with Crippen molar-refractivity contribution < 1.29 is 14.8 Å². The third-order valence-corrected chi connectivity index (χ3v) is 2.98. The van der Waals surface area contributed by atoms with Gasteiger partial charge >= 0.3 is 0 Å². The number of carbonyl (C=O) groups is 1. The maximum atomic E-state index is 12.1. The first kappa shape index (κ1) is 14.7. The highest BCUT2D eigenvalue weighted by atomic mass is 16.6. The molecule has 0 saturated heterocycles. The second kappa shape index (κ2) is 6.14. The second-order valence-electron chi connectivity index (χ2n) is 4.38. The van der Waals surface area contributed by atoms with Crippen molar-refractivity contribution in [2.45, 2.75) is 0 Å². The lowest BCUT2D eigenvalue weighted by molar-refractivity contribution is -0.384. The van der Waals surface area contributed by atoms with Crippen LogP contribution in [0.15, 0.2) is 36.9 Å². The fourth-order valence-corrected chi connectivity index (χ4v) is 1.89. The molecule has 0 aliphatic heterocycles. The maximum absolute atomic E-state index is 12.1. The van der Waals surface area contributed by atoms with Crippen LogP contribution in [0, 0.1) is 10.1 Å². The number of carbonyl (C=O) groups excluding carboxylic acids is 1. The Morgan fingerprint density at radius 1 is 1.52 bits per heavy atom. The minimum atomic E-state index is -0.543. The van der Waals surface area contributed by atoms with Crippen LogP contribution in [0.3, 0.4) is 0 Å². The van der Waals surface area contributed by atoms with Crippen LogP contribution < -0.4 is 0 Å². The van der Waals surface area contributed by atoms with Crippen LogP contribution in [-0.2, 0) is 0 Å². The van der Waals surface area contributed by atoms with Crippen molar-refractivity contribution in [2.24, 2.45) is 0 Å². The Morgan fingerprint density at radius 2 is 2.29 bits per heavy atom. The summed E-state index contributed by atoms with van der Waals surface area (Å²) >= 11 is 0. The standard InChI is InChI=1S/C13H14N4O4/c1-15(6-7-18)13(19)10-2-3-11(12(8-10)17(20)21)16-5-4-14-9-16/h2-5,8-9,18H,6-7H2,1H3. The molecule has 1 N–H and O–H groups in total. The maximum Gasteiger partial charge on any atom is 0.294 e. The van der Waals surface area contributed by atoms with Crippen molar-refractivity contribution in [2.75, 3.05) is 20.2 Å². The van der Waals surface area contributed by atoms with E-state index in [0.29, 0.717) is 5.69 Å². The van der Waals surface area contributed by atoms with Gasteiger partial charge in [-0.3, -0.25) is 14.9 Å². The Morgan fingerprint density at radius 3 is 2.86 bits per heavy atom. The van der Waals surface area contributed by atoms with Gasteiger partial charge in [0.15, 0.2) is 0 Å². The number of aromatic nitrogens is 2. The summed E-state index contributed by atoms with van der Waals surface area (Å²) in [6.45, 7) is -0.00659. The van der Waals surface area contributed by atoms with E-state index in [4.69, 9.17) is 5.11 Å². The molecule has 110 valence electrons. The number of nitro groups is 1. The molecule has 0 spiro atoms. The van der Waals surface area contributed by atoms with Crippen molar-refractivity contribution in [3.63, 3.8) is 0 Å². The summed E-state index contributed by atoms with van der Waals surface area (Å²) < 4.78 is 1.50. The molecule has 0 saturated carbocycles. The van der Waals surface area contributed by atoms with Gasteiger partial charge in [0, 0.05) is 37.6 Å². The smallest absolute Gasteiger partial charge is 0.294 e. The molecular formula is C13H14N4O4. The molecule has 1 heterocycles. The van der Waals surface area contributed by atoms with E-state index in [1.165, 1.54) is 47.2 Å². The van der Waals surface area contributed by atoms with E-state index in [1.807, 2.05) is 0 Å². The molecule has 0 bridgehead atoms. The Balaban J connectivity index is 2.42. The minimum Gasteiger partial charge on any atom is -0.395 e. The largest absolute Gasteiger partial charge is 0.395 e. The number of amides is 1. The van der Waals surface area contributed by atoms with Gasteiger partial charge in [-0.2, -0.15) is 0 Å². The zero-order valence-electron chi connectivity index (χ0n) is 11.3. The van der Waals surface area contributed by atoms with Gasteiger partial charge in [0.25, 0.3) is 11.6 Å². The number of nitrogens with zero attached hydrogens (tertiary/aromatic N) is 4. The number of hydrogen-bond acceptors (Lipinski definition) is 5. The summed E-state index contributed by atoms with van der Waals surface area (Å²) in [6, 6.07) is 4.24. The summed E-state index contributed by atoms with van der Waals surface area (Å²) in [5.41, 5.74) is 0.344. The van der Waals surface area contributed by atoms with Crippen LogP contribution in [0.4, 0.5) is 5.69 Å². The van der Waals surface area contributed by atoms with Crippen molar-refractivity contribution >= 4 is 11.6 Å². The summed E-state index contributed by atoms with van der Waals surface area (Å²) in [4.78, 5) is 27.9. The fourth-order valence-electron chi connectivity index (χ4n) is 1.89. The average molecular weight is 290 g/mol. The first-order valence-electron chi connectivity index (χ1n) is 6.17. The number of aliphatic hydroxyl groups excluding tert-OH is 1. The van der Waals surface area contributed by atoms with Crippen molar-refractivity contribution in [3.05, 3.63) is 52.6 Å². The number of benzene rings is 1. The highest BCUT2D eigenvalue weighted by molar-refractivity contribution is 5.95. The summed E-state index contributed by atoms with van der Waals surface area (Å²) in [5, 5.41) is 20.0. The normalized spacial score (nSPS) is 10.4. The van der Waals surface area contributed by atoms with E-state index in [1.54, 1.807) is 6.20 Å². The summed E-state index contributed by atoms with van der Waals surface area (Å²) in [5.74, 6) is -0.385. The third kappa shape index (κ3) is 3.06. The Labute approximate surface area is 120 Å². The average Bonchev–Trinajstić information content (AvgIpc) is 3.00. The number of nitro benzene ring substituents is 1. The van der Waals surface area contributed by atoms with Gasteiger partial charge in [-0.05, 0) is 12.1 Å². The molecule has 0 aliphatic rings. The highest BCUT2D eigenvalue weighted by Crippen LogP contribution is 2.24. The van der Waals surface area contributed by atoms with Gasteiger partial charge in [-0.15, -0.1) is 0 Å². The van der Waals surface area contributed by atoms with Gasteiger partial charge in [0.05, 0.1) is 17.9 Å². The van der Waals surface area contributed by atoms with Gasteiger partial charge in [-0.25, -0.2) is 4.98 Å². The van der Waals surface area contributed by atoms with E-state index >= 15 is 0 Å². The highest BCUT2D eigenvalue weighted by Gasteiger charge is 2.20. The van der Waals surface area contributed by atoms with E-state index in [0.717, 1.165) is 0 Å². The Bertz CT molecular complexity index is 654. The predicted molar refractivity (Wildman–Crippen MR) is 74.3 cm³/mol. The van der Waals surface area contributed by atoms with E-state index in [2.05, 4.69) is 4.98 Å². The molecule has 0 unspecified atom stereocenters. The minimum absolute atomic E-state index is 0.163. The lowest BCUT2D eigenvalue weighted by atomic mass is 10.1. The zero-order valence-corrected chi connectivity index (χ0v) is 11.3. The lowest BCUT2D eigenvalue weighted by Gasteiger charge is -2.15. The summed E-state index contributed by atoms with van der Waals surface area (Å²) in [6.07, 6.45) is 4.54. The van der Waals surface area contributed by atoms with Gasteiger partial charge < -0.3 is 14.6 Å². The number of aliphatic hydroxyl groups is 1. The van der Waals surface area contributed by atoms with E-state index < -0.39 is 4.92 Å². The molecule has 1 amide bonds. The van der Waals surface area contributed by atoms with Crippen LogP contribution in [0.2, 0.25) is 0 Å². The Kier molecular flexibility index (Phi) is 4.29. The predicted octanol–water partition coefficient (Wildman–Crippen LogP) is 0.845. The van der Waals surface area contributed by atoms with Gasteiger partial charge in [0.2, 0.25) is 0 Å². The molecule has 0 fully saturated rings. The van der Waals surface area contributed by atoms with Crippen molar-refractivity contribution in [1.82, 2.24) is 14.5 Å². The van der Waals surface area contributed by atoms with E-state index in [9.17, 15) is 14.9 Å². The fraction of sp³-hybridized carbons (Fsp3) is 0.231. The SMILES string of the molecule is CN(CCO)C(=O)c1ccc(-n2ccnc2)c([N+](=O)[O-])c1. The zero-order chi connectivity index (χ0) is 15.4. The van der Waals surface area contributed by atoms with Crippen LogP contribution in [0.25, 0.3) is 5.69 Å². The molecule has 0 radical (unpaired) electrons.